The Morgan fingerprint density at radius 1 is 1.04 bits per heavy atom. The molecule has 26 heavy (non-hydrogen) atoms. The molecule has 6 heteroatoms. The normalized spacial score (nSPS) is 16.0. The highest BCUT2D eigenvalue weighted by Gasteiger charge is 2.31. The molecule has 4 nitrogen and oxygen atoms in total. The lowest BCUT2D eigenvalue weighted by Gasteiger charge is -2.14. The maximum atomic E-state index is 12.7. The van der Waals surface area contributed by atoms with Crippen LogP contribution in [0.5, 0.6) is 0 Å². The molecule has 1 aliphatic heterocycles. The molecule has 0 atom stereocenters. The molecule has 2 heterocycles. The van der Waals surface area contributed by atoms with E-state index in [9.17, 15) is 4.79 Å². The highest BCUT2D eigenvalue weighted by molar-refractivity contribution is 8.26. The van der Waals surface area contributed by atoms with Crippen molar-refractivity contribution in [2.45, 2.75) is 6.42 Å². The summed E-state index contributed by atoms with van der Waals surface area (Å²) in [6.07, 6.45) is 4.22. The van der Waals surface area contributed by atoms with E-state index in [1.165, 1.54) is 17.3 Å². The van der Waals surface area contributed by atoms with E-state index < -0.39 is 0 Å². The van der Waals surface area contributed by atoms with Crippen molar-refractivity contribution >= 4 is 51.3 Å². The van der Waals surface area contributed by atoms with Crippen LogP contribution in [0.4, 0.5) is 0 Å². The van der Waals surface area contributed by atoms with Gasteiger partial charge in [-0.15, -0.1) is 0 Å². The summed E-state index contributed by atoms with van der Waals surface area (Å²) in [7, 11) is 0. The van der Waals surface area contributed by atoms with Gasteiger partial charge in [0.15, 0.2) is 0 Å². The molecule has 4 rings (SSSR count). The summed E-state index contributed by atoms with van der Waals surface area (Å²) in [6.45, 7) is 0.579. The molecular weight excluding hydrogens is 362 g/mol. The first-order valence-electron chi connectivity index (χ1n) is 8.22. The Balaban J connectivity index is 1.52. The minimum atomic E-state index is -0.0640. The van der Waals surface area contributed by atoms with Crippen LogP contribution < -0.4 is 0 Å². The first-order chi connectivity index (χ1) is 12.7. The second kappa shape index (κ2) is 7.35. The SMILES string of the molecule is O=C1/C(=C/c2cnc3ccccc3n2)SC(=S)N1CCc1ccccc1. The predicted molar refractivity (Wildman–Crippen MR) is 110 cm³/mol. The molecule has 0 aliphatic carbocycles. The summed E-state index contributed by atoms with van der Waals surface area (Å²) in [4.78, 5) is 23.9. The molecule has 1 saturated heterocycles. The monoisotopic (exact) mass is 377 g/mol. The Kier molecular flexibility index (Phi) is 4.77. The molecular formula is C20H15N3OS2. The van der Waals surface area contributed by atoms with Crippen molar-refractivity contribution in [3.8, 4) is 0 Å². The Bertz CT molecular complexity index is 1020. The van der Waals surface area contributed by atoms with Crippen molar-refractivity contribution in [2.24, 2.45) is 0 Å². The first kappa shape index (κ1) is 16.9. The molecule has 0 unspecified atom stereocenters. The number of fused-ring (bicyclic) bond motifs is 1. The van der Waals surface area contributed by atoms with Gasteiger partial charge in [0, 0.05) is 6.54 Å². The van der Waals surface area contributed by atoms with Gasteiger partial charge in [-0.05, 0) is 30.2 Å². The van der Waals surface area contributed by atoms with Crippen molar-refractivity contribution in [2.75, 3.05) is 6.54 Å². The average Bonchev–Trinajstić information content (AvgIpc) is 2.94. The molecule has 0 saturated carbocycles. The summed E-state index contributed by atoms with van der Waals surface area (Å²) in [6, 6.07) is 17.8. The van der Waals surface area contributed by atoms with Crippen LogP contribution in [0.3, 0.4) is 0 Å². The number of rotatable bonds is 4. The summed E-state index contributed by atoms with van der Waals surface area (Å²) in [5, 5.41) is 0. The Hall–Kier alpha value is -2.57. The highest BCUT2D eigenvalue weighted by Crippen LogP contribution is 2.32. The predicted octanol–water partition coefficient (Wildman–Crippen LogP) is 4.07. The van der Waals surface area contributed by atoms with Crippen LogP contribution in [0.2, 0.25) is 0 Å². The number of thioether (sulfide) groups is 1. The van der Waals surface area contributed by atoms with Gasteiger partial charge in [0.1, 0.15) is 4.32 Å². The van der Waals surface area contributed by atoms with Crippen LogP contribution in [-0.2, 0) is 11.2 Å². The van der Waals surface area contributed by atoms with Gasteiger partial charge >= 0.3 is 0 Å². The maximum absolute atomic E-state index is 12.7. The van der Waals surface area contributed by atoms with E-state index in [1.807, 2.05) is 42.5 Å². The highest BCUT2D eigenvalue weighted by atomic mass is 32.2. The third-order valence-electron chi connectivity index (χ3n) is 4.09. The average molecular weight is 377 g/mol. The van der Waals surface area contributed by atoms with Gasteiger partial charge in [0.2, 0.25) is 0 Å². The standard InChI is InChI=1S/C20H15N3OS2/c24-19-18(12-15-13-21-16-8-4-5-9-17(16)22-15)26-20(25)23(19)11-10-14-6-2-1-3-7-14/h1-9,12-13H,10-11H2/b18-12-. The molecule has 3 aromatic rings. The zero-order valence-electron chi connectivity index (χ0n) is 13.8. The van der Waals surface area contributed by atoms with Gasteiger partial charge < -0.3 is 0 Å². The Morgan fingerprint density at radius 2 is 1.77 bits per heavy atom. The van der Waals surface area contributed by atoms with Gasteiger partial charge in [-0.3, -0.25) is 14.7 Å². The van der Waals surface area contributed by atoms with Crippen LogP contribution in [0.15, 0.2) is 65.7 Å². The van der Waals surface area contributed by atoms with Gasteiger partial charge in [-0.25, -0.2) is 4.98 Å². The minimum absolute atomic E-state index is 0.0640. The molecule has 0 bridgehead atoms. The second-order valence-electron chi connectivity index (χ2n) is 5.85. The fourth-order valence-electron chi connectivity index (χ4n) is 2.75. The van der Waals surface area contributed by atoms with Gasteiger partial charge in [-0.1, -0.05) is 66.4 Å². The van der Waals surface area contributed by atoms with Crippen LogP contribution in [-0.4, -0.2) is 31.6 Å². The summed E-state index contributed by atoms with van der Waals surface area (Å²) >= 11 is 6.71. The number of nitrogens with zero attached hydrogens (tertiary/aromatic N) is 3. The van der Waals surface area contributed by atoms with Gasteiger partial charge in [-0.2, -0.15) is 0 Å². The zero-order chi connectivity index (χ0) is 17.9. The van der Waals surface area contributed by atoms with Crippen LogP contribution in [0, 0.1) is 0 Å². The van der Waals surface area contributed by atoms with Crippen LogP contribution in [0.1, 0.15) is 11.3 Å². The van der Waals surface area contributed by atoms with E-state index in [2.05, 4.69) is 22.1 Å². The Labute approximate surface area is 161 Å². The lowest BCUT2D eigenvalue weighted by atomic mass is 10.1. The molecule has 1 amide bonds. The lowest BCUT2D eigenvalue weighted by molar-refractivity contribution is -0.122. The molecule has 0 radical (unpaired) electrons. The van der Waals surface area contributed by atoms with Crippen LogP contribution in [0.25, 0.3) is 17.1 Å². The summed E-state index contributed by atoms with van der Waals surface area (Å²) in [5.74, 6) is -0.0640. The number of hydrogen-bond acceptors (Lipinski definition) is 5. The fraction of sp³-hybridized carbons (Fsp3) is 0.100. The number of carbonyl (C=O) groups is 1. The van der Waals surface area contributed by atoms with Crippen molar-refractivity contribution in [3.63, 3.8) is 0 Å². The summed E-state index contributed by atoms with van der Waals surface area (Å²) in [5.41, 5.74) is 3.49. The number of thiocarbonyl (C=S) groups is 1. The van der Waals surface area contributed by atoms with Crippen LogP contribution >= 0.6 is 24.0 Å². The number of hydrogen-bond donors (Lipinski definition) is 0. The number of carbonyl (C=O) groups excluding carboxylic acids is 1. The van der Waals surface area contributed by atoms with E-state index in [0.29, 0.717) is 21.5 Å². The van der Waals surface area contributed by atoms with Crippen molar-refractivity contribution in [3.05, 3.63) is 77.0 Å². The summed E-state index contributed by atoms with van der Waals surface area (Å²) < 4.78 is 0.589. The molecule has 128 valence electrons. The van der Waals surface area contributed by atoms with Crippen molar-refractivity contribution in [1.82, 2.24) is 14.9 Å². The number of para-hydroxylation sites is 2. The lowest BCUT2D eigenvalue weighted by Crippen LogP contribution is -2.30. The largest absolute Gasteiger partial charge is 0.293 e. The van der Waals surface area contributed by atoms with Crippen molar-refractivity contribution in [1.29, 1.82) is 0 Å². The van der Waals surface area contributed by atoms with Gasteiger partial charge in [0.05, 0.1) is 27.8 Å². The quantitative estimate of drug-likeness (QED) is 0.507. The number of amides is 1. The molecule has 1 aromatic heterocycles. The van der Waals surface area contributed by atoms with Crippen molar-refractivity contribution < 1.29 is 4.79 Å². The molecule has 1 fully saturated rings. The molecule has 2 aromatic carbocycles. The Morgan fingerprint density at radius 3 is 2.58 bits per heavy atom. The smallest absolute Gasteiger partial charge is 0.266 e. The molecule has 0 N–H and O–H groups in total. The molecule has 1 aliphatic rings. The van der Waals surface area contributed by atoms with E-state index in [1.54, 1.807) is 17.2 Å². The minimum Gasteiger partial charge on any atom is -0.293 e. The third-order valence-corrected chi connectivity index (χ3v) is 5.46. The zero-order valence-corrected chi connectivity index (χ0v) is 15.5. The topological polar surface area (TPSA) is 46.1 Å². The number of benzene rings is 2. The maximum Gasteiger partial charge on any atom is 0.266 e. The number of aromatic nitrogens is 2. The first-order valence-corrected chi connectivity index (χ1v) is 9.44. The van der Waals surface area contributed by atoms with E-state index in [4.69, 9.17) is 12.2 Å². The fourth-order valence-corrected chi connectivity index (χ4v) is 4.05. The van der Waals surface area contributed by atoms with E-state index in [0.717, 1.165) is 17.5 Å². The van der Waals surface area contributed by atoms with Gasteiger partial charge in [0.25, 0.3) is 5.91 Å². The second-order valence-corrected chi connectivity index (χ2v) is 7.53. The third kappa shape index (κ3) is 3.52. The molecule has 0 spiro atoms. The van der Waals surface area contributed by atoms with E-state index in [-0.39, 0.29) is 5.91 Å². The van der Waals surface area contributed by atoms with E-state index >= 15 is 0 Å².